The second-order valence-electron chi connectivity index (χ2n) is 7.60. The Kier molecular flexibility index (Phi) is 6.26. The lowest BCUT2D eigenvalue weighted by Crippen LogP contribution is -2.38. The van der Waals surface area contributed by atoms with Crippen molar-refractivity contribution >= 4 is 34.7 Å². The van der Waals surface area contributed by atoms with Crippen LogP contribution in [0.4, 0.5) is 20.3 Å². The van der Waals surface area contributed by atoms with E-state index < -0.39 is 11.6 Å². The van der Waals surface area contributed by atoms with Gasteiger partial charge in [0, 0.05) is 41.8 Å². The molecule has 0 radical (unpaired) electrons. The molecular weight excluding hydrogens is 450 g/mol. The summed E-state index contributed by atoms with van der Waals surface area (Å²) >= 11 is 5.67. The number of nitrogens with two attached hydrogens (primary N) is 1. The summed E-state index contributed by atoms with van der Waals surface area (Å²) < 4.78 is 30.1. The summed E-state index contributed by atoms with van der Waals surface area (Å²) in [6.07, 6.45) is 4.56. The molecule has 0 spiro atoms. The minimum Gasteiger partial charge on any atom is -0.348 e. The van der Waals surface area contributed by atoms with Gasteiger partial charge in [-0.2, -0.15) is 0 Å². The predicted molar refractivity (Wildman–Crippen MR) is 124 cm³/mol. The average molecular weight is 471 g/mol. The number of anilines is 2. The number of halogens is 3. The molecule has 33 heavy (non-hydrogen) atoms. The average Bonchev–Trinajstić information content (AvgIpc) is 3.22. The number of nitrogens with zero attached hydrogens (tertiary/aromatic N) is 3. The highest BCUT2D eigenvalue weighted by Gasteiger charge is 2.18. The molecule has 2 aromatic carbocycles. The van der Waals surface area contributed by atoms with Gasteiger partial charge in [-0.15, -0.1) is 0 Å². The Morgan fingerprint density at radius 2 is 2.00 bits per heavy atom. The van der Waals surface area contributed by atoms with Crippen LogP contribution in [0, 0.1) is 18.6 Å². The van der Waals surface area contributed by atoms with Crippen molar-refractivity contribution < 1.29 is 13.6 Å². The van der Waals surface area contributed by atoms with E-state index >= 15 is 0 Å². The number of aryl methyl sites for hydroxylation is 1. The fourth-order valence-corrected chi connectivity index (χ4v) is 3.57. The number of amides is 1. The monoisotopic (exact) mass is 470 g/mol. The van der Waals surface area contributed by atoms with Crippen molar-refractivity contribution in [3.63, 3.8) is 0 Å². The van der Waals surface area contributed by atoms with Crippen molar-refractivity contribution in [3.8, 4) is 11.3 Å². The first kappa shape index (κ1) is 22.6. The van der Waals surface area contributed by atoms with Gasteiger partial charge >= 0.3 is 0 Å². The van der Waals surface area contributed by atoms with Gasteiger partial charge in [0.05, 0.1) is 16.9 Å². The van der Waals surface area contributed by atoms with Crippen LogP contribution in [0.25, 0.3) is 16.9 Å². The van der Waals surface area contributed by atoms with Gasteiger partial charge in [0.15, 0.2) is 23.1 Å². The summed E-state index contributed by atoms with van der Waals surface area (Å²) in [4.78, 5) is 21.1. The molecule has 0 bridgehead atoms. The van der Waals surface area contributed by atoms with E-state index in [0.717, 1.165) is 5.56 Å². The van der Waals surface area contributed by atoms with E-state index in [9.17, 15) is 13.6 Å². The van der Waals surface area contributed by atoms with Crippen molar-refractivity contribution in [2.24, 2.45) is 5.73 Å². The highest BCUT2D eigenvalue weighted by Crippen LogP contribution is 2.30. The molecule has 0 saturated carbocycles. The summed E-state index contributed by atoms with van der Waals surface area (Å²) in [5.74, 6) is -1.96. The topological polar surface area (TPSA) is 97.3 Å². The van der Waals surface area contributed by atoms with Crippen LogP contribution in [0.1, 0.15) is 22.8 Å². The highest BCUT2D eigenvalue weighted by molar-refractivity contribution is 6.30. The van der Waals surface area contributed by atoms with Gasteiger partial charge in [-0.05, 0) is 49.7 Å². The maximum absolute atomic E-state index is 14.5. The summed E-state index contributed by atoms with van der Waals surface area (Å²) in [6, 6.07) is 7.83. The number of nitrogens with one attached hydrogen (secondary N) is 2. The van der Waals surface area contributed by atoms with Crippen LogP contribution < -0.4 is 16.4 Å². The van der Waals surface area contributed by atoms with Crippen LogP contribution >= 0.6 is 11.6 Å². The van der Waals surface area contributed by atoms with Gasteiger partial charge in [0.25, 0.3) is 5.91 Å². The second-order valence-corrected chi connectivity index (χ2v) is 8.01. The molecule has 1 atom stereocenters. The van der Waals surface area contributed by atoms with E-state index in [4.69, 9.17) is 17.3 Å². The molecule has 4 N–H and O–H groups in total. The van der Waals surface area contributed by atoms with Crippen molar-refractivity contribution in [2.45, 2.75) is 19.9 Å². The molecule has 0 aliphatic heterocycles. The van der Waals surface area contributed by atoms with E-state index in [1.54, 1.807) is 22.7 Å². The van der Waals surface area contributed by atoms with Crippen molar-refractivity contribution in [1.29, 1.82) is 0 Å². The fourth-order valence-electron chi connectivity index (χ4n) is 3.42. The van der Waals surface area contributed by atoms with Crippen LogP contribution in [-0.2, 0) is 0 Å². The van der Waals surface area contributed by atoms with E-state index in [1.165, 1.54) is 24.5 Å². The molecule has 10 heteroatoms. The number of aromatic nitrogens is 3. The molecule has 4 rings (SSSR count). The van der Waals surface area contributed by atoms with Gasteiger partial charge in [0.1, 0.15) is 0 Å². The largest absolute Gasteiger partial charge is 0.348 e. The predicted octanol–water partition coefficient (Wildman–Crippen LogP) is 4.46. The Hall–Kier alpha value is -3.56. The lowest BCUT2D eigenvalue weighted by Gasteiger charge is -2.14. The van der Waals surface area contributed by atoms with Crippen LogP contribution in [0.15, 0.2) is 48.9 Å². The SMILES string of the molecule is Cc1cc(Nc2nccn3c(-c4ccc(Cl)c(F)c4F)cnc23)ccc1C(=O)N[C@@H](C)CN. The molecule has 0 aliphatic carbocycles. The quantitative estimate of drug-likeness (QED) is 0.361. The van der Waals surface area contributed by atoms with Crippen LogP contribution in [0.5, 0.6) is 0 Å². The molecule has 0 fully saturated rings. The van der Waals surface area contributed by atoms with E-state index in [1.807, 2.05) is 19.9 Å². The highest BCUT2D eigenvalue weighted by atomic mass is 35.5. The summed E-state index contributed by atoms with van der Waals surface area (Å²) in [7, 11) is 0. The number of rotatable bonds is 6. The third-order valence-corrected chi connectivity index (χ3v) is 5.50. The lowest BCUT2D eigenvalue weighted by molar-refractivity contribution is 0.0940. The molecule has 4 aromatic rings. The van der Waals surface area contributed by atoms with Crippen molar-refractivity contribution in [2.75, 3.05) is 11.9 Å². The number of hydrogen-bond acceptors (Lipinski definition) is 5. The summed E-state index contributed by atoms with van der Waals surface area (Å²) in [5.41, 5.74) is 8.34. The zero-order chi connectivity index (χ0) is 23.7. The Morgan fingerprint density at radius 1 is 1.21 bits per heavy atom. The molecule has 0 aliphatic rings. The standard InChI is InChI=1S/C23H21ClF2N6O/c1-12-9-14(3-4-15(12)23(33)30-13(2)10-27)31-21-22-29-11-18(32(22)8-7-28-21)16-5-6-17(24)20(26)19(16)25/h3-9,11,13H,10,27H2,1-2H3,(H,28,31)(H,30,33)/t13-/m0/s1. The Balaban J connectivity index is 1.65. The maximum Gasteiger partial charge on any atom is 0.251 e. The number of carbonyl (C=O) groups is 1. The number of fused-ring (bicyclic) bond motifs is 1. The lowest BCUT2D eigenvalue weighted by atomic mass is 10.1. The normalized spacial score (nSPS) is 12.1. The minimum absolute atomic E-state index is 0.0273. The molecule has 0 saturated heterocycles. The van der Waals surface area contributed by atoms with E-state index in [-0.39, 0.29) is 22.5 Å². The summed E-state index contributed by atoms with van der Waals surface area (Å²) in [5, 5.41) is 5.71. The zero-order valence-corrected chi connectivity index (χ0v) is 18.6. The second kappa shape index (κ2) is 9.13. The molecule has 2 heterocycles. The molecule has 1 amide bonds. The van der Waals surface area contributed by atoms with Crippen LogP contribution in [-0.4, -0.2) is 32.9 Å². The molecule has 2 aromatic heterocycles. The minimum atomic E-state index is -1.11. The first-order chi connectivity index (χ1) is 15.8. The molecule has 0 unspecified atom stereocenters. The Morgan fingerprint density at radius 3 is 2.73 bits per heavy atom. The first-order valence-electron chi connectivity index (χ1n) is 10.1. The van der Waals surface area contributed by atoms with E-state index in [0.29, 0.717) is 35.0 Å². The maximum atomic E-state index is 14.5. The van der Waals surface area contributed by atoms with Crippen molar-refractivity contribution in [3.05, 3.63) is 76.7 Å². The number of hydrogen-bond donors (Lipinski definition) is 3. The Bertz CT molecular complexity index is 1360. The zero-order valence-electron chi connectivity index (χ0n) is 17.9. The van der Waals surface area contributed by atoms with Gasteiger partial charge in [0.2, 0.25) is 0 Å². The smallest absolute Gasteiger partial charge is 0.251 e. The first-order valence-corrected chi connectivity index (χ1v) is 10.5. The molecule has 170 valence electrons. The fraction of sp³-hybridized carbons (Fsp3) is 0.174. The van der Waals surface area contributed by atoms with Crippen LogP contribution in [0.3, 0.4) is 0 Å². The van der Waals surface area contributed by atoms with Gasteiger partial charge in [-0.25, -0.2) is 18.7 Å². The number of benzene rings is 2. The van der Waals surface area contributed by atoms with Crippen LogP contribution in [0.2, 0.25) is 5.02 Å². The Labute approximate surface area is 193 Å². The third kappa shape index (κ3) is 4.37. The van der Waals surface area contributed by atoms with Gasteiger partial charge in [-0.3, -0.25) is 9.20 Å². The molecule has 7 nitrogen and oxygen atoms in total. The van der Waals surface area contributed by atoms with E-state index in [2.05, 4.69) is 20.6 Å². The van der Waals surface area contributed by atoms with Gasteiger partial charge < -0.3 is 16.4 Å². The molecular formula is C23H21ClF2N6O. The van der Waals surface area contributed by atoms with Gasteiger partial charge in [-0.1, -0.05) is 11.6 Å². The number of carbonyl (C=O) groups excluding carboxylic acids is 1. The van der Waals surface area contributed by atoms with Crippen molar-refractivity contribution in [1.82, 2.24) is 19.7 Å². The third-order valence-electron chi connectivity index (χ3n) is 5.20. The summed E-state index contributed by atoms with van der Waals surface area (Å²) in [6.45, 7) is 4.00. The number of imidazole rings is 1.